The van der Waals surface area contributed by atoms with Gasteiger partial charge in [-0.1, -0.05) is 18.2 Å². The molecule has 1 atom stereocenters. The average Bonchev–Trinajstić information content (AvgIpc) is 2.18. The Hall–Kier alpha value is -1.28. The minimum atomic E-state index is 0.105. The van der Waals surface area contributed by atoms with Crippen LogP contribution in [0.15, 0.2) is 36.9 Å². The number of likely N-dealkylation sites (N-methyl/N-ethyl adjacent to an activating group) is 1. The molecule has 1 unspecified atom stereocenters. The lowest BCUT2D eigenvalue weighted by atomic mass is 10.1. The van der Waals surface area contributed by atoms with Gasteiger partial charge in [0.25, 0.3) is 0 Å². The predicted molar refractivity (Wildman–Crippen MR) is 62.5 cm³/mol. The molecule has 2 N–H and O–H groups in total. The Morgan fingerprint density at radius 3 is 2.43 bits per heavy atom. The first-order valence-electron chi connectivity index (χ1n) is 4.82. The first-order valence-corrected chi connectivity index (χ1v) is 4.82. The summed E-state index contributed by atoms with van der Waals surface area (Å²) in [4.78, 5) is 2.14. The van der Waals surface area contributed by atoms with Gasteiger partial charge in [-0.25, -0.2) is 0 Å². The molecule has 0 bridgehead atoms. The maximum atomic E-state index is 5.77. The van der Waals surface area contributed by atoms with Gasteiger partial charge in [0.2, 0.25) is 0 Å². The molecule has 0 heterocycles. The zero-order chi connectivity index (χ0) is 10.6. The molecule has 0 aliphatic rings. The summed E-state index contributed by atoms with van der Waals surface area (Å²) in [6, 6.07) is 8.41. The van der Waals surface area contributed by atoms with Gasteiger partial charge in [0.1, 0.15) is 0 Å². The second-order valence-corrected chi connectivity index (χ2v) is 3.55. The second-order valence-electron chi connectivity index (χ2n) is 3.55. The van der Waals surface area contributed by atoms with Crippen LogP contribution in [0.5, 0.6) is 0 Å². The summed E-state index contributed by atoms with van der Waals surface area (Å²) >= 11 is 0. The minimum Gasteiger partial charge on any atom is -0.371 e. The van der Waals surface area contributed by atoms with Gasteiger partial charge >= 0.3 is 0 Å². The Labute approximate surface area is 86.0 Å². The van der Waals surface area contributed by atoms with Crippen molar-refractivity contribution in [2.75, 3.05) is 18.5 Å². The maximum Gasteiger partial charge on any atom is 0.0366 e. The van der Waals surface area contributed by atoms with E-state index in [-0.39, 0.29) is 6.04 Å². The van der Waals surface area contributed by atoms with Crippen LogP contribution in [0.1, 0.15) is 18.5 Å². The molecule has 0 spiro atoms. The van der Waals surface area contributed by atoms with Gasteiger partial charge in [0.05, 0.1) is 0 Å². The fourth-order valence-corrected chi connectivity index (χ4v) is 1.33. The molecular formula is C12H18N2. The predicted octanol–water partition coefficient (Wildman–Crippen LogP) is 2.33. The van der Waals surface area contributed by atoms with Crippen LogP contribution in [0, 0.1) is 0 Å². The molecule has 1 aromatic carbocycles. The normalized spacial score (nSPS) is 12.2. The summed E-state index contributed by atoms with van der Waals surface area (Å²) in [7, 11) is 2.04. The molecule has 14 heavy (non-hydrogen) atoms. The number of hydrogen-bond donors (Lipinski definition) is 1. The van der Waals surface area contributed by atoms with Gasteiger partial charge in [-0.15, -0.1) is 6.58 Å². The number of hydrogen-bond acceptors (Lipinski definition) is 2. The molecule has 0 saturated carbocycles. The van der Waals surface area contributed by atoms with E-state index in [1.54, 1.807) is 0 Å². The topological polar surface area (TPSA) is 29.3 Å². The Balaban J connectivity index is 2.77. The molecular weight excluding hydrogens is 172 g/mol. The summed E-state index contributed by atoms with van der Waals surface area (Å²) in [5.74, 6) is 0. The van der Waals surface area contributed by atoms with Crippen molar-refractivity contribution >= 4 is 5.69 Å². The lowest BCUT2D eigenvalue weighted by Crippen LogP contribution is -2.16. The van der Waals surface area contributed by atoms with Crippen LogP contribution in [0.2, 0.25) is 0 Å². The second kappa shape index (κ2) is 4.82. The Kier molecular flexibility index (Phi) is 3.72. The zero-order valence-electron chi connectivity index (χ0n) is 8.90. The van der Waals surface area contributed by atoms with Gasteiger partial charge in [0.15, 0.2) is 0 Å². The van der Waals surface area contributed by atoms with Crippen LogP contribution < -0.4 is 10.6 Å². The molecule has 76 valence electrons. The first kappa shape index (κ1) is 10.8. The highest BCUT2D eigenvalue weighted by molar-refractivity contribution is 5.47. The average molecular weight is 190 g/mol. The van der Waals surface area contributed by atoms with Crippen molar-refractivity contribution < 1.29 is 0 Å². The third-order valence-electron chi connectivity index (χ3n) is 2.26. The van der Waals surface area contributed by atoms with E-state index in [1.165, 1.54) is 11.3 Å². The fourth-order valence-electron chi connectivity index (χ4n) is 1.33. The molecule has 0 saturated heterocycles. The summed E-state index contributed by atoms with van der Waals surface area (Å²) in [6.07, 6.45) is 1.89. The maximum absolute atomic E-state index is 5.77. The number of benzene rings is 1. The molecule has 0 aliphatic carbocycles. The van der Waals surface area contributed by atoms with Gasteiger partial charge in [0, 0.05) is 25.3 Å². The van der Waals surface area contributed by atoms with E-state index < -0.39 is 0 Å². The van der Waals surface area contributed by atoms with Crippen LogP contribution in [-0.4, -0.2) is 13.6 Å². The summed E-state index contributed by atoms with van der Waals surface area (Å²) in [5.41, 5.74) is 8.13. The van der Waals surface area contributed by atoms with Crippen LogP contribution >= 0.6 is 0 Å². The standard InChI is InChI=1S/C12H18N2/c1-4-9-14(3)12-7-5-11(6-8-12)10(2)13/h4-8,10H,1,9,13H2,2-3H3. The molecule has 0 amide bonds. The monoisotopic (exact) mass is 190 g/mol. The summed E-state index contributed by atoms with van der Waals surface area (Å²) < 4.78 is 0. The smallest absolute Gasteiger partial charge is 0.0366 e. The van der Waals surface area contributed by atoms with Crippen molar-refractivity contribution in [2.45, 2.75) is 13.0 Å². The molecule has 0 fully saturated rings. The van der Waals surface area contributed by atoms with Crippen molar-refractivity contribution in [1.29, 1.82) is 0 Å². The molecule has 0 aliphatic heterocycles. The zero-order valence-corrected chi connectivity index (χ0v) is 8.90. The highest BCUT2D eigenvalue weighted by Crippen LogP contribution is 2.16. The minimum absolute atomic E-state index is 0.105. The van der Waals surface area contributed by atoms with E-state index in [0.29, 0.717) is 0 Å². The lowest BCUT2D eigenvalue weighted by molar-refractivity contribution is 0.818. The van der Waals surface area contributed by atoms with E-state index in [1.807, 2.05) is 20.0 Å². The molecule has 0 aromatic heterocycles. The van der Waals surface area contributed by atoms with Crippen LogP contribution in [0.4, 0.5) is 5.69 Å². The van der Waals surface area contributed by atoms with E-state index in [0.717, 1.165) is 6.54 Å². The Morgan fingerprint density at radius 1 is 1.43 bits per heavy atom. The van der Waals surface area contributed by atoms with Crippen LogP contribution in [-0.2, 0) is 0 Å². The Morgan fingerprint density at radius 2 is 2.00 bits per heavy atom. The SMILES string of the molecule is C=CCN(C)c1ccc(C(C)N)cc1. The van der Waals surface area contributed by atoms with E-state index >= 15 is 0 Å². The third-order valence-corrected chi connectivity index (χ3v) is 2.26. The lowest BCUT2D eigenvalue weighted by Gasteiger charge is -2.17. The van der Waals surface area contributed by atoms with E-state index in [4.69, 9.17) is 5.73 Å². The van der Waals surface area contributed by atoms with Crippen molar-refractivity contribution in [3.8, 4) is 0 Å². The van der Waals surface area contributed by atoms with Crippen molar-refractivity contribution in [1.82, 2.24) is 0 Å². The number of rotatable bonds is 4. The van der Waals surface area contributed by atoms with Crippen LogP contribution in [0.25, 0.3) is 0 Å². The molecule has 1 aromatic rings. The largest absolute Gasteiger partial charge is 0.371 e. The van der Waals surface area contributed by atoms with Gasteiger partial charge < -0.3 is 10.6 Å². The number of nitrogens with two attached hydrogens (primary N) is 1. The summed E-state index contributed by atoms with van der Waals surface area (Å²) in [6.45, 7) is 6.56. The third kappa shape index (κ3) is 2.60. The Bertz CT molecular complexity index is 288. The van der Waals surface area contributed by atoms with E-state index in [9.17, 15) is 0 Å². The van der Waals surface area contributed by atoms with Crippen molar-refractivity contribution in [3.63, 3.8) is 0 Å². The molecule has 2 nitrogen and oxygen atoms in total. The van der Waals surface area contributed by atoms with Crippen molar-refractivity contribution in [2.24, 2.45) is 5.73 Å². The number of anilines is 1. The van der Waals surface area contributed by atoms with Gasteiger partial charge in [-0.2, -0.15) is 0 Å². The van der Waals surface area contributed by atoms with E-state index in [2.05, 4.69) is 35.7 Å². The fraction of sp³-hybridized carbons (Fsp3) is 0.333. The van der Waals surface area contributed by atoms with Gasteiger partial charge in [-0.3, -0.25) is 0 Å². The van der Waals surface area contributed by atoms with Crippen LogP contribution in [0.3, 0.4) is 0 Å². The van der Waals surface area contributed by atoms with Crippen molar-refractivity contribution in [3.05, 3.63) is 42.5 Å². The first-order chi connectivity index (χ1) is 6.65. The quantitative estimate of drug-likeness (QED) is 0.738. The molecule has 0 radical (unpaired) electrons. The number of nitrogens with zero attached hydrogens (tertiary/aromatic N) is 1. The molecule has 1 rings (SSSR count). The summed E-state index contributed by atoms with van der Waals surface area (Å²) in [5, 5.41) is 0. The molecule has 2 heteroatoms. The highest BCUT2D eigenvalue weighted by Gasteiger charge is 2.01. The highest BCUT2D eigenvalue weighted by atomic mass is 15.1. The van der Waals surface area contributed by atoms with Gasteiger partial charge in [-0.05, 0) is 24.6 Å².